The molecule has 1 aliphatic rings. The van der Waals surface area contributed by atoms with Crippen molar-refractivity contribution in [3.05, 3.63) is 30.1 Å². The Kier molecular flexibility index (Phi) is 2.62. The molecule has 1 aromatic heterocycles. The molecule has 0 saturated heterocycles. The van der Waals surface area contributed by atoms with Crippen molar-refractivity contribution in [3.8, 4) is 0 Å². The number of ether oxygens (including phenoxy) is 1. The van der Waals surface area contributed by atoms with Crippen LogP contribution in [0.4, 0.5) is 0 Å². The number of pyridine rings is 1. The molecule has 1 heterocycles. The van der Waals surface area contributed by atoms with E-state index in [1.807, 2.05) is 6.07 Å². The summed E-state index contributed by atoms with van der Waals surface area (Å²) in [5, 5.41) is 11.3. The molecule has 78 valence electrons. The molecule has 0 spiro atoms. The smallest absolute Gasteiger partial charge is 0.315 e. The second-order valence-corrected chi connectivity index (χ2v) is 3.28. The van der Waals surface area contributed by atoms with E-state index < -0.39 is 0 Å². The molecule has 1 N–H and O–H groups in total. The van der Waals surface area contributed by atoms with Crippen LogP contribution in [0.1, 0.15) is 12.1 Å². The Morgan fingerprint density at radius 1 is 1.67 bits per heavy atom. The summed E-state index contributed by atoms with van der Waals surface area (Å²) < 4.78 is 4.99. The number of oxime groups is 1. The van der Waals surface area contributed by atoms with Gasteiger partial charge < -0.3 is 9.94 Å². The summed E-state index contributed by atoms with van der Waals surface area (Å²) in [4.78, 5) is 15.3. The van der Waals surface area contributed by atoms with Crippen LogP contribution in [0.5, 0.6) is 0 Å². The van der Waals surface area contributed by atoms with Crippen LogP contribution in [-0.4, -0.2) is 21.9 Å². The van der Waals surface area contributed by atoms with Gasteiger partial charge in [-0.15, -0.1) is 0 Å². The minimum atomic E-state index is -0.353. The highest BCUT2D eigenvalue weighted by Crippen LogP contribution is 2.27. The van der Waals surface area contributed by atoms with Gasteiger partial charge in [-0.3, -0.25) is 9.78 Å². The maximum absolute atomic E-state index is 11.3. The van der Waals surface area contributed by atoms with E-state index in [0.29, 0.717) is 17.8 Å². The van der Waals surface area contributed by atoms with E-state index in [0.717, 1.165) is 0 Å². The Balaban J connectivity index is 1.82. The van der Waals surface area contributed by atoms with Gasteiger partial charge in [0.15, 0.2) is 0 Å². The van der Waals surface area contributed by atoms with E-state index in [2.05, 4.69) is 10.1 Å². The van der Waals surface area contributed by atoms with E-state index in [1.54, 1.807) is 18.3 Å². The van der Waals surface area contributed by atoms with Crippen LogP contribution in [0.3, 0.4) is 0 Å². The van der Waals surface area contributed by atoms with Gasteiger partial charge in [-0.05, 0) is 12.1 Å². The second kappa shape index (κ2) is 4.08. The fraction of sp³-hybridized carbons (Fsp3) is 0.300. The standard InChI is InChI=1S/C10H10N2O3/c13-10(8-5-9(8)12-14)15-6-7-3-1-2-4-11-7/h1-4,8,14H,5-6H2. The van der Waals surface area contributed by atoms with Gasteiger partial charge in [0.05, 0.1) is 11.4 Å². The predicted octanol–water partition coefficient (Wildman–Crippen LogP) is 0.975. The summed E-state index contributed by atoms with van der Waals surface area (Å²) >= 11 is 0. The summed E-state index contributed by atoms with van der Waals surface area (Å²) in [5.41, 5.74) is 1.19. The Hall–Kier alpha value is -1.91. The van der Waals surface area contributed by atoms with Gasteiger partial charge in [-0.25, -0.2) is 0 Å². The fourth-order valence-electron chi connectivity index (χ4n) is 1.21. The van der Waals surface area contributed by atoms with Crippen molar-refractivity contribution in [2.24, 2.45) is 11.1 Å². The zero-order chi connectivity index (χ0) is 10.7. The maximum atomic E-state index is 11.3. The van der Waals surface area contributed by atoms with E-state index in [9.17, 15) is 4.79 Å². The normalized spacial score (nSPS) is 21.3. The first-order chi connectivity index (χ1) is 7.31. The number of carbonyl (C=O) groups excluding carboxylic acids is 1. The van der Waals surface area contributed by atoms with Crippen LogP contribution in [0, 0.1) is 5.92 Å². The lowest BCUT2D eigenvalue weighted by atomic mass is 10.4. The highest BCUT2D eigenvalue weighted by Gasteiger charge is 2.41. The molecular weight excluding hydrogens is 196 g/mol. The van der Waals surface area contributed by atoms with Crippen molar-refractivity contribution >= 4 is 11.7 Å². The van der Waals surface area contributed by atoms with Crippen molar-refractivity contribution in [3.63, 3.8) is 0 Å². The van der Waals surface area contributed by atoms with Crippen molar-refractivity contribution < 1.29 is 14.7 Å². The number of esters is 1. The van der Waals surface area contributed by atoms with E-state index in [4.69, 9.17) is 9.94 Å². The molecule has 0 radical (unpaired) electrons. The van der Waals surface area contributed by atoms with Gasteiger partial charge in [0.1, 0.15) is 12.5 Å². The van der Waals surface area contributed by atoms with Crippen molar-refractivity contribution in [1.29, 1.82) is 0 Å². The SMILES string of the molecule is O=C(OCc1ccccn1)C1CC1=NO. The van der Waals surface area contributed by atoms with Gasteiger partial charge in [0.2, 0.25) is 0 Å². The lowest BCUT2D eigenvalue weighted by molar-refractivity contribution is -0.145. The van der Waals surface area contributed by atoms with Crippen LogP contribution in [-0.2, 0) is 16.1 Å². The molecule has 1 aliphatic carbocycles. The lowest BCUT2D eigenvalue weighted by Crippen LogP contribution is -2.08. The van der Waals surface area contributed by atoms with Gasteiger partial charge >= 0.3 is 5.97 Å². The summed E-state index contributed by atoms with van der Waals surface area (Å²) in [6.45, 7) is 0.162. The molecule has 0 aliphatic heterocycles. The summed E-state index contributed by atoms with van der Waals surface area (Å²) in [6, 6.07) is 5.40. The van der Waals surface area contributed by atoms with Crippen LogP contribution in [0.2, 0.25) is 0 Å². The van der Waals surface area contributed by atoms with Gasteiger partial charge in [-0.2, -0.15) is 0 Å². The molecule has 0 aromatic carbocycles. The third-order valence-electron chi connectivity index (χ3n) is 2.16. The first kappa shape index (κ1) is 9.64. The number of aromatic nitrogens is 1. The number of hydrogen-bond acceptors (Lipinski definition) is 5. The zero-order valence-electron chi connectivity index (χ0n) is 7.96. The van der Waals surface area contributed by atoms with Crippen molar-refractivity contribution in [2.45, 2.75) is 13.0 Å². The van der Waals surface area contributed by atoms with Crippen LogP contribution < -0.4 is 0 Å². The molecule has 1 fully saturated rings. The number of rotatable bonds is 3. The monoisotopic (exact) mass is 206 g/mol. The Bertz CT molecular complexity index is 389. The molecule has 15 heavy (non-hydrogen) atoms. The summed E-state index contributed by atoms with van der Waals surface area (Å²) in [6.07, 6.45) is 2.14. The van der Waals surface area contributed by atoms with Gasteiger partial charge in [0.25, 0.3) is 0 Å². The fourth-order valence-corrected chi connectivity index (χ4v) is 1.21. The molecule has 0 bridgehead atoms. The number of nitrogens with zero attached hydrogens (tertiary/aromatic N) is 2. The van der Waals surface area contributed by atoms with E-state index in [1.165, 1.54) is 0 Å². The minimum Gasteiger partial charge on any atom is -0.459 e. The average molecular weight is 206 g/mol. The molecule has 1 unspecified atom stereocenters. The molecule has 0 amide bonds. The minimum absolute atomic E-state index is 0.162. The van der Waals surface area contributed by atoms with Crippen molar-refractivity contribution in [2.75, 3.05) is 0 Å². The summed E-state index contributed by atoms with van der Waals surface area (Å²) in [7, 11) is 0. The predicted molar refractivity (Wildman–Crippen MR) is 51.4 cm³/mol. The first-order valence-corrected chi connectivity index (χ1v) is 4.58. The molecule has 5 nitrogen and oxygen atoms in total. The third-order valence-corrected chi connectivity index (χ3v) is 2.16. The first-order valence-electron chi connectivity index (χ1n) is 4.58. The lowest BCUT2D eigenvalue weighted by Gasteiger charge is -2.01. The quantitative estimate of drug-likeness (QED) is 0.454. The van der Waals surface area contributed by atoms with Crippen molar-refractivity contribution in [1.82, 2.24) is 4.98 Å². The number of carbonyl (C=O) groups is 1. The molecular formula is C10H10N2O3. The van der Waals surface area contributed by atoms with Crippen LogP contribution >= 0.6 is 0 Å². The molecule has 5 heteroatoms. The molecule has 1 aromatic rings. The second-order valence-electron chi connectivity index (χ2n) is 3.28. The molecule has 1 atom stereocenters. The highest BCUT2D eigenvalue weighted by molar-refractivity contribution is 6.15. The Labute approximate surface area is 86.4 Å². The largest absolute Gasteiger partial charge is 0.459 e. The van der Waals surface area contributed by atoms with E-state index >= 15 is 0 Å². The van der Waals surface area contributed by atoms with Gasteiger partial charge in [-0.1, -0.05) is 11.2 Å². The molecule has 2 rings (SSSR count). The van der Waals surface area contributed by atoms with Crippen LogP contribution in [0.15, 0.2) is 29.6 Å². The zero-order valence-corrected chi connectivity index (χ0v) is 7.96. The topological polar surface area (TPSA) is 71.8 Å². The highest BCUT2D eigenvalue weighted by atomic mass is 16.5. The maximum Gasteiger partial charge on any atom is 0.315 e. The molecule has 1 saturated carbocycles. The van der Waals surface area contributed by atoms with Crippen LogP contribution in [0.25, 0.3) is 0 Å². The average Bonchev–Trinajstić information content (AvgIpc) is 3.06. The van der Waals surface area contributed by atoms with E-state index in [-0.39, 0.29) is 18.5 Å². The Morgan fingerprint density at radius 3 is 3.13 bits per heavy atom. The van der Waals surface area contributed by atoms with Gasteiger partial charge in [0, 0.05) is 12.6 Å². The number of hydrogen-bond donors (Lipinski definition) is 1. The summed E-state index contributed by atoms with van der Waals surface area (Å²) in [5.74, 6) is -0.702. The third kappa shape index (κ3) is 2.31. The Morgan fingerprint density at radius 2 is 2.53 bits per heavy atom.